The zero-order chi connectivity index (χ0) is 13.1. The van der Waals surface area contributed by atoms with Gasteiger partial charge in [0.25, 0.3) is 0 Å². The first-order valence-corrected chi connectivity index (χ1v) is 6.26. The minimum absolute atomic E-state index is 0.618. The molecule has 0 spiro atoms. The molecule has 1 heterocycles. The van der Waals surface area contributed by atoms with Crippen LogP contribution in [0.5, 0.6) is 0 Å². The summed E-state index contributed by atoms with van der Waals surface area (Å²) in [6.45, 7) is 4.03. The molecule has 3 N–H and O–H groups in total. The van der Waals surface area contributed by atoms with Crippen molar-refractivity contribution in [3.05, 3.63) is 46.6 Å². The number of rotatable bonds is 3. The molecule has 0 radical (unpaired) electrons. The lowest BCUT2D eigenvalue weighted by molar-refractivity contribution is 1.04. The molecule has 0 saturated carbocycles. The SMILES string of the molecule is CCc1cccc(Nc2cc(Cl)cc(N)c2C)n1. The highest BCUT2D eigenvalue weighted by atomic mass is 35.5. The molecule has 0 saturated heterocycles. The third-order valence-electron chi connectivity index (χ3n) is 2.84. The Hall–Kier alpha value is -1.74. The van der Waals surface area contributed by atoms with Gasteiger partial charge in [0.05, 0.1) is 0 Å². The van der Waals surface area contributed by atoms with Crippen LogP contribution >= 0.6 is 11.6 Å². The predicted octanol–water partition coefficient (Wildman–Crippen LogP) is 3.93. The maximum atomic E-state index is 6.01. The average Bonchev–Trinajstić information content (AvgIpc) is 2.35. The molecular weight excluding hydrogens is 246 g/mol. The first-order valence-electron chi connectivity index (χ1n) is 5.88. The molecule has 0 aliphatic heterocycles. The zero-order valence-electron chi connectivity index (χ0n) is 10.5. The molecule has 0 amide bonds. The molecule has 0 bridgehead atoms. The molecule has 1 aromatic carbocycles. The van der Waals surface area contributed by atoms with Crippen LogP contribution in [-0.2, 0) is 6.42 Å². The fourth-order valence-electron chi connectivity index (χ4n) is 1.71. The van der Waals surface area contributed by atoms with Gasteiger partial charge in [0.2, 0.25) is 0 Å². The highest BCUT2D eigenvalue weighted by Crippen LogP contribution is 2.28. The van der Waals surface area contributed by atoms with Crippen LogP contribution in [0.2, 0.25) is 5.02 Å². The Balaban J connectivity index is 2.33. The van der Waals surface area contributed by atoms with E-state index >= 15 is 0 Å². The third-order valence-corrected chi connectivity index (χ3v) is 3.06. The number of aryl methyl sites for hydroxylation is 1. The largest absolute Gasteiger partial charge is 0.398 e. The van der Waals surface area contributed by atoms with Gasteiger partial charge >= 0.3 is 0 Å². The Morgan fingerprint density at radius 2 is 2.11 bits per heavy atom. The number of pyridine rings is 1. The van der Waals surface area contributed by atoms with Crippen LogP contribution in [-0.4, -0.2) is 4.98 Å². The normalized spacial score (nSPS) is 10.4. The molecule has 0 aliphatic rings. The monoisotopic (exact) mass is 261 g/mol. The lowest BCUT2D eigenvalue weighted by Crippen LogP contribution is -2.00. The molecule has 0 unspecified atom stereocenters. The van der Waals surface area contributed by atoms with Crippen molar-refractivity contribution < 1.29 is 0 Å². The Morgan fingerprint density at radius 3 is 2.83 bits per heavy atom. The standard InChI is InChI=1S/C14H16ClN3/c1-3-11-5-4-6-14(17-11)18-13-8-10(15)7-12(16)9(13)2/h4-8H,3,16H2,1-2H3,(H,17,18). The summed E-state index contributed by atoms with van der Waals surface area (Å²) in [7, 11) is 0. The van der Waals surface area contributed by atoms with Crippen molar-refractivity contribution in [2.45, 2.75) is 20.3 Å². The van der Waals surface area contributed by atoms with Crippen LogP contribution in [0.25, 0.3) is 0 Å². The van der Waals surface area contributed by atoms with Gasteiger partial charge in [-0.2, -0.15) is 0 Å². The van der Waals surface area contributed by atoms with Crippen molar-refractivity contribution in [2.24, 2.45) is 0 Å². The van der Waals surface area contributed by atoms with E-state index in [1.807, 2.05) is 31.2 Å². The molecule has 0 aliphatic carbocycles. The number of nitrogens with zero attached hydrogens (tertiary/aromatic N) is 1. The zero-order valence-corrected chi connectivity index (χ0v) is 11.3. The predicted molar refractivity (Wildman–Crippen MR) is 77.5 cm³/mol. The van der Waals surface area contributed by atoms with Crippen LogP contribution in [0, 0.1) is 6.92 Å². The van der Waals surface area contributed by atoms with Gasteiger partial charge in [0.15, 0.2) is 0 Å². The van der Waals surface area contributed by atoms with Gasteiger partial charge in [-0.3, -0.25) is 0 Å². The number of benzene rings is 1. The first-order chi connectivity index (χ1) is 8.60. The van der Waals surface area contributed by atoms with E-state index in [1.54, 1.807) is 6.07 Å². The molecule has 0 fully saturated rings. The molecule has 18 heavy (non-hydrogen) atoms. The smallest absolute Gasteiger partial charge is 0.130 e. The van der Waals surface area contributed by atoms with Crippen LogP contribution in [0.15, 0.2) is 30.3 Å². The summed E-state index contributed by atoms with van der Waals surface area (Å²) in [5.41, 5.74) is 9.48. The second kappa shape index (κ2) is 5.27. The highest BCUT2D eigenvalue weighted by molar-refractivity contribution is 6.31. The van der Waals surface area contributed by atoms with Gasteiger partial charge < -0.3 is 11.1 Å². The fourth-order valence-corrected chi connectivity index (χ4v) is 1.94. The van der Waals surface area contributed by atoms with Crippen LogP contribution < -0.4 is 11.1 Å². The number of nitrogens with two attached hydrogens (primary N) is 1. The molecule has 2 aromatic rings. The van der Waals surface area contributed by atoms with Crippen molar-refractivity contribution in [3.8, 4) is 0 Å². The molecule has 1 aromatic heterocycles. The number of aromatic nitrogens is 1. The van der Waals surface area contributed by atoms with Crippen molar-refractivity contribution in [1.29, 1.82) is 0 Å². The highest BCUT2D eigenvalue weighted by Gasteiger charge is 2.05. The number of hydrogen-bond acceptors (Lipinski definition) is 3. The second-order valence-electron chi connectivity index (χ2n) is 4.16. The lowest BCUT2D eigenvalue weighted by atomic mass is 10.1. The number of nitrogens with one attached hydrogen (secondary N) is 1. The first kappa shape index (κ1) is 12.7. The minimum Gasteiger partial charge on any atom is -0.398 e. The summed E-state index contributed by atoms with van der Waals surface area (Å²) in [6, 6.07) is 9.52. The van der Waals surface area contributed by atoms with Gasteiger partial charge in [-0.25, -0.2) is 4.98 Å². The summed E-state index contributed by atoms with van der Waals surface area (Å²) in [5.74, 6) is 0.805. The van der Waals surface area contributed by atoms with Gasteiger partial charge in [0, 0.05) is 22.1 Å². The Morgan fingerprint density at radius 1 is 1.33 bits per heavy atom. The second-order valence-corrected chi connectivity index (χ2v) is 4.60. The van der Waals surface area contributed by atoms with Crippen LogP contribution in [0.1, 0.15) is 18.2 Å². The lowest BCUT2D eigenvalue weighted by Gasteiger charge is -2.12. The third kappa shape index (κ3) is 2.74. The van der Waals surface area contributed by atoms with E-state index in [1.165, 1.54) is 0 Å². The van der Waals surface area contributed by atoms with Gasteiger partial charge in [0.1, 0.15) is 5.82 Å². The van der Waals surface area contributed by atoms with Crippen molar-refractivity contribution in [1.82, 2.24) is 4.98 Å². The van der Waals surface area contributed by atoms with E-state index in [4.69, 9.17) is 17.3 Å². The number of anilines is 3. The molecular formula is C14H16ClN3. The summed E-state index contributed by atoms with van der Waals surface area (Å²) in [4.78, 5) is 4.49. The summed E-state index contributed by atoms with van der Waals surface area (Å²) in [6.07, 6.45) is 0.909. The number of nitrogen functional groups attached to an aromatic ring is 1. The molecule has 4 heteroatoms. The van der Waals surface area contributed by atoms with Crippen molar-refractivity contribution in [2.75, 3.05) is 11.1 Å². The number of halogens is 1. The van der Waals surface area contributed by atoms with Gasteiger partial charge in [-0.15, -0.1) is 0 Å². The number of hydrogen-bond donors (Lipinski definition) is 2. The summed E-state index contributed by atoms with van der Waals surface area (Å²) < 4.78 is 0. The molecule has 2 rings (SSSR count). The van der Waals surface area contributed by atoms with E-state index in [2.05, 4.69) is 17.2 Å². The van der Waals surface area contributed by atoms with Crippen LogP contribution in [0.3, 0.4) is 0 Å². The van der Waals surface area contributed by atoms with Crippen molar-refractivity contribution in [3.63, 3.8) is 0 Å². The average molecular weight is 262 g/mol. The Bertz CT molecular complexity index is 567. The van der Waals surface area contributed by atoms with Crippen molar-refractivity contribution >= 4 is 28.8 Å². The molecule has 94 valence electrons. The van der Waals surface area contributed by atoms with E-state index < -0.39 is 0 Å². The van der Waals surface area contributed by atoms with Gasteiger partial charge in [-0.1, -0.05) is 24.6 Å². The minimum atomic E-state index is 0.618. The maximum Gasteiger partial charge on any atom is 0.130 e. The van der Waals surface area contributed by atoms with Crippen LogP contribution in [0.4, 0.5) is 17.2 Å². The molecule has 3 nitrogen and oxygen atoms in total. The quantitative estimate of drug-likeness (QED) is 0.823. The molecule has 0 atom stereocenters. The Labute approximate surface area is 112 Å². The summed E-state index contributed by atoms with van der Waals surface area (Å²) in [5, 5.41) is 3.87. The van der Waals surface area contributed by atoms with E-state index in [0.29, 0.717) is 10.7 Å². The van der Waals surface area contributed by atoms with E-state index in [0.717, 1.165) is 29.2 Å². The topological polar surface area (TPSA) is 50.9 Å². The van der Waals surface area contributed by atoms with E-state index in [9.17, 15) is 0 Å². The fraction of sp³-hybridized carbons (Fsp3) is 0.214. The van der Waals surface area contributed by atoms with E-state index in [-0.39, 0.29) is 0 Å². The maximum absolute atomic E-state index is 6.01. The summed E-state index contributed by atoms with van der Waals surface area (Å²) >= 11 is 6.01. The van der Waals surface area contributed by atoms with Gasteiger partial charge in [-0.05, 0) is 43.2 Å². The Kier molecular flexibility index (Phi) is 3.72.